The van der Waals surface area contributed by atoms with E-state index in [2.05, 4.69) is 19.9 Å². The van der Waals surface area contributed by atoms with Gasteiger partial charge in [-0.05, 0) is 86.0 Å². The van der Waals surface area contributed by atoms with Gasteiger partial charge in [-0.1, -0.05) is 57.0 Å². The van der Waals surface area contributed by atoms with Crippen LogP contribution in [0.3, 0.4) is 0 Å². The summed E-state index contributed by atoms with van der Waals surface area (Å²) < 4.78 is 0. The molecule has 2 fully saturated rings. The second-order valence-electron chi connectivity index (χ2n) is 13.7. The first kappa shape index (κ1) is 32.3. The third-order valence-electron chi connectivity index (χ3n) is 10.5. The number of ketones is 1. The van der Waals surface area contributed by atoms with E-state index in [1.54, 1.807) is 4.90 Å². The van der Waals surface area contributed by atoms with Crippen molar-refractivity contribution in [1.82, 2.24) is 14.9 Å². The van der Waals surface area contributed by atoms with E-state index < -0.39 is 17.8 Å². The SMILES string of the molecule is CCc1ccc(C(=O)C[C@@H](Cc2ccc(-c3ncc(C4=CCC(C5CCC(C)CC5)CC4)cn3)cc2)C(=O)N2CC(C(=O)O)C2)s1. The number of Topliss-reactive ketones (excluding diaryl/α,β-unsaturated/α-hetero) is 1. The molecule has 2 aliphatic carbocycles. The molecule has 3 aromatic rings. The number of carboxylic acid groups (broad SMARTS) is 1. The van der Waals surface area contributed by atoms with Gasteiger partial charge in [0.2, 0.25) is 5.91 Å². The van der Waals surface area contributed by atoms with Crippen LogP contribution in [-0.4, -0.2) is 50.7 Å². The highest BCUT2D eigenvalue weighted by atomic mass is 32.1. The summed E-state index contributed by atoms with van der Waals surface area (Å²) in [5.41, 5.74) is 4.31. The molecule has 1 amide bonds. The lowest BCUT2D eigenvalue weighted by molar-refractivity contribution is -0.154. The number of aryl methyl sites for hydroxylation is 1. The van der Waals surface area contributed by atoms with Crippen LogP contribution >= 0.6 is 11.3 Å². The van der Waals surface area contributed by atoms with Crippen molar-refractivity contribution in [3.8, 4) is 11.4 Å². The zero-order valence-corrected chi connectivity index (χ0v) is 27.8. The molecule has 1 aliphatic heterocycles. The van der Waals surface area contributed by atoms with Gasteiger partial charge in [0, 0.05) is 53.8 Å². The van der Waals surface area contributed by atoms with Crippen LogP contribution in [0.4, 0.5) is 0 Å². The van der Waals surface area contributed by atoms with Gasteiger partial charge in [-0.2, -0.15) is 0 Å². The maximum Gasteiger partial charge on any atom is 0.310 e. The third-order valence-corrected chi connectivity index (χ3v) is 11.8. The van der Waals surface area contributed by atoms with E-state index in [9.17, 15) is 19.5 Å². The summed E-state index contributed by atoms with van der Waals surface area (Å²) >= 11 is 1.48. The molecule has 242 valence electrons. The number of likely N-dealkylation sites (tertiary alicyclic amines) is 1. The van der Waals surface area contributed by atoms with Crippen molar-refractivity contribution in [2.45, 2.75) is 78.1 Å². The van der Waals surface area contributed by atoms with Crippen molar-refractivity contribution in [1.29, 1.82) is 0 Å². The molecule has 2 atom stereocenters. The molecule has 0 spiro atoms. The number of benzene rings is 1. The average molecular weight is 640 g/mol. The summed E-state index contributed by atoms with van der Waals surface area (Å²) in [5.74, 6) is 1.09. The topological polar surface area (TPSA) is 100 Å². The summed E-state index contributed by atoms with van der Waals surface area (Å²) in [6.07, 6.45) is 16.7. The number of thiophene rings is 1. The molecule has 1 aromatic carbocycles. The maximum absolute atomic E-state index is 13.4. The van der Waals surface area contributed by atoms with Crippen molar-refractivity contribution >= 4 is 34.6 Å². The maximum atomic E-state index is 13.4. The Morgan fingerprint density at radius 1 is 0.935 bits per heavy atom. The lowest BCUT2D eigenvalue weighted by atomic mass is 9.71. The van der Waals surface area contributed by atoms with Crippen molar-refractivity contribution < 1.29 is 19.5 Å². The van der Waals surface area contributed by atoms with Crippen LogP contribution in [0, 0.1) is 29.6 Å². The Bertz CT molecular complexity index is 1560. The molecule has 1 unspecified atom stereocenters. The van der Waals surface area contributed by atoms with Crippen LogP contribution in [0.15, 0.2) is 54.9 Å². The molecule has 8 heteroatoms. The van der Waals surface area contributed by atoms with Crippen molar-refractivity contribution in [2.24, 2.45) is 29.6 Å². The molecule has 1 saturated heterocycles. The monoisotopic (exact) mass is 639 g/mol. The van der Waals surface area contributed by atoms with Crippen molar-refractivity contribution in [3.63, 3.8) is 0 Å². The molecule has 0 bridgehead atoms. The van der Waals surface area contributed by atoms with E-state index >= 15 is 0 Å². The molecule has 3 aliphatic rings. The minimum absolute atomic E-state index is 0.0457. The summed E-state index contributed by atoms with van der Waals surface area (Å²) in [4.78, 5) is 50.7. The van der Waals surface area contributed by atoms with E-state index in [1.165, 1.54) is 49.0 Å². The Kier molecular flexibility index (Phi) is 10.1. The quantitative estimate of drug-likeness (QED) is 0.215. The minimum Gasteiger partial charge on any atom is -0.481 e. The second kappa shape index (κ2) is 14.4. The molecule has 3 heterocycles. The average Bonchev–Trinajstić information content (AvgIpc) is 3.54. The molecule has 7 nitrogen and oxygen atoms in total. The molecule has 2 aromatic heterocycles. The van der Waals surface area contributed by atoms with Crippen LogP contribution < -0.4 is 0 Å². The van der Waals surface area contributed by atoms with Gasteiger partial charge in [-0.25, -0.2) is 9.97 Å². The Labute approximate surface area is 276 Å². The normalized spacial score (nSPS) is 22.5. The van der Waals surface area contributed by atoms with Gasteiger partial charge in [-0.15, -0.1) is 11.3 Å². The van der Waals surface area contributed by atoms with Crippen LogP contribution in [-0.2, 0) is 22.4 Å². The van der Waals surface area contributed by atoms with Gasteiger partial charge in [0.15, 0.2) is 11.6 Å². The Hall–Kier alpha value is -3.65. The van der Waals surface area contributed by atoms with Crippen LogP contribution in [0.1, 0.15) is 90.9 Å². The molecular weight excluding hydrogens is 595 g/mol. The van der Waals surface area contributed by atoms with Gasteiger partial charge in [0.05, 0.1) is 10.8 Å². The van der Waals surface area contributed by atoms with E-state index in [0.29, 0.717) is 17.1 Å². The van der Waals surface area contributed by atoms with E-state index in [0.717, 1.165) is 58.6 Å². The van der Waals surface area contributed by atoms with E-state index in [-0.39, 0.29) is 31.2 Å². The van der Waals surface area contributed by atoms with Gasteiger partial charge in [0.1, 0.15) is 0 Å². The second-order valence-corrected chi connectivity index (χ2v) is 14.9. The molecule has 1 saturated carbocycles. The van der Waals surface area contributed by atoms with E-state index in [1.807, 2.05) is 48.8 Å². The summed E-state index contributed by atoms with van der Waals surface area (Å²) in [6.45, 7) is 4.83. The standard InChI is InChI=1S/C38H45N3O4S/c1-3-33-16-17-35(46-33)34(42)19-30(37(43)41-22-32(23-41)38(44)45)18-25-6-10-29(11-7-25)36-39-20-31(21-40-36)28-14-12-27(13-15-28)26-8-4-24(2)5-9-26/h6-7,10-11,14,16-17,20-21,24,26-27,30,32H,3-5,8-9,12-13,15,18-19,22-23H2,1-2H3,(H,44,45)/t24?,26?,27?,30-/m1/s1. The summed E-state index contributed by atoms with van der Waals surface area (Å²) in [7, 11) is 0. The van der Waals surface area contributed by atoms with Gasteiger partial charge >= 0.3 is 5.97 Å². The largest absolute Gasteiger partial charge is 0.481 e. The summed E-state index contributed by atoms with van der Waals surface area (Å²) in [5, 5.41) is 9.29. The number of hydrogen-bond donors (Lipinski definition) is 1. The van der Waals surface area contributed by atoms with Gasteiger partial charge < -0.3 is 10.0 Å². The van der Waals surface area contributed by atoms with E-state index in [4.69, 9.17) is 9.97 Å². The first-order chi connectivity index (χ1) is 22.3. The molecule has 46 heavy (non-hydrogen) atoms. The number of carbonyl (C=O) groups is 3. The molecular formula is C38H45N3O4S. The number of aromatic nitrogens is 2. The number of aliphatic carboxylic acids is 1. The first-order valence-corrected chi connectivity index (χ1v) is 17.8. The fourth-order valence-electron chi connectivity index (χ4n) is 7.38. The molecule has 6 rings (SSSR count). The highest BCUT2D eigenvalue weighted by Crippen LogP contribution is 2.41. The number of hydrogen-bond acceptors (Lipinski definition) is 6. The van der Waals surface area contributed by atoms with Crippen LogP contribution in [0.5, 0.6) is 0 Å². The smallest absolute Gasteiger partial charge is 0.310 e. The van der Waals surface area contributed by atoms with Gasteiger partial charge in [-0.3, -0.25) is 14.4 Å². The fourth-order valence-corrected chi connectivity index (χ4v) is 8.28. The predicted octanol–water partition coefficient (Wildman–Crippen LogP) is 7.75. The lowest BCUT2D eigenvalue weighted by Crippen LogP contribution is -2.55. The molecule has 1 N–H and O–H groups in total. The van der Waals surface area contributed by atoms with Crippen LogP contribution in [0.25, 0.3) is 17.0 Å². The van der Waals surface area contributed by atoms with Crippen molar-refractivity contribution in [2.75, 3.05) is 13.1 Å². The Morgan fingerprint density at radius 2 is 1.65 bits per heavy atom. The minimum atomic E-state index is -0.887. The zero-order chi connectivity index (χ0) is 32.2. The predicted molar refractivity (Wildman–Crippen MR) is 181 cm³/mol. The highest BCUT2D eigenvalue weighted by Gasteiger charge is 2.39. The first-order valence-electron chi connectivity index (χ1n) is 17.0. The number of amides is 1. The number of nitrogens with zero attached hydrogens (tertiary/aromatic N) is 3. The molecule has 0 radical (unpaired) electrons. The fraction of sp³-hybridized carbons (Fsp3) is 0.500. The number of allylic oxidation sites excluding steroid dienone is 2. The number of rotatable bonds is 11. The van der Waals surface area contributed by atoms with Crippen molar-refractivity contribution in [3.05, 3.63) is 75.7 Å². The Balaban J connectivity index is 1.09. The van der Waals surface area contributed by atoms with Crippen LogP contribution in [0.2, 0.25) is 0 Å². The number of carbonyl (C=O) groups excluding carboxylic acids is 2. The van der Waals surface area contributed by atoms with Gasteiger partial charge in [0.25, 0.3) is 0 Å². The third kappa shape index (κ3) is 7.49. The lowest BCUT2D eigenvalue weighted by Gasteiger charge is -2.38. The number of carboxylic acids is 1. The Morgan fingerprint density at radius 3 is 2.26 bits per heavy atom. The highest BCUT2D eigenvalue weighted by molar-refractivity contribution is 7.14. The zero-order valence-electron chi connectivity index (χ0n) is 27.0. The summed E-state index contributed by atoms with van der Waals surface area (Å²) in [6, 6.07) is 11.7.